The minimum absolute atomic E-state index is 0.0380. The van der Waals surface area contributed by atoms with Crippen LogP contribution in [0, 0.1) is 5.92 Å². The molecule has 0 fully saturated rings. The van der Waals surface area contributed by atoms with Crippen LogP contribution in [0.2, 0.25) is 0 Å². The average Bonchev–Trinajstić information content (AvgIpc) is 3.25. The zero-order valence-electron chi connectivity index (χ0n) is 20.1. The standard InChI is InChI=1S/C25H31N3O5S/c1-15(2)12-27-19(13-28(24(31)32)25(3,4)5)22(20-7-6-10-34-20)18-11-16(33-14-21(26)29)8-9-17(18)23(27)30/h6-11,15H,12-14H2,1-5H3,(H2,26,29)(H,31,32). The van der Waals surface area contributed by atoms with Crippen LogP contribution in [-0.4, -0.2) is 38.7 Å². The zero-order valence-corrected chi connectivity index (χ0v) is 20.9. The van der Waals surface area contributed by atoms with Crippen molar-refractivity contribution < 1.29 is 19.4 Å². The van der Waals surface area contributed by atoms with Crippen LogP contribution in [-0.2, 0) is 17.9 Å². The molecule has 3 rings (SSSR count). The van der Waals surface area contributed by atoms with E-state index in [4.69, 9.17) is 10.5 Å². The number of nitrogens with two attached hydrogens (primary N) is 1. The molecule has 0 saturated carbocycles. The first-order chi connectivity index (χ1) is 15.9. The summed E-state index contributed by atoms with van der Waals surface area (Å²) in [6.45, 7) is 9.72. The Morgan fingerprint density at radius 3 is 2.44 bits per heavy atom. The maximum absolute atomic E-state index is 13.7. The number of hydrogen-bond donors (Lipinski definition) is 2. The van der Waals surface area contributed by atoms with Crippen molar-refractivity contribution in [1.82, 2.24) is 9.47 Å². The van der Waals surface area contributed by atoms with Gasteiger partial charge in [0.05, 0.1) is 6.54 Å². The van der Waals surface area contributed by atoms with Gasteiger partial charge in [0.15, 0.2) is 6.61 Å². The van der Waals surface area contributed by atoms with Gasteiger partial charge in [-0.15, -0.1) is 11.3 Å². The van der Waals surface area contributed by atoms with Gasteiger partial charge in [-0.2, -0.15) is 0 Å². The number of hydrogen-bond acceptors (Lipinski definition) is 5. The number of aromatic nitrogens is 1. The van der Waals surface area contributed by atoms with Crippen LogP contribution in [0.4, 0.5) is 4.79 Å². The molecule has 0 spiro atoms. The summed E-state index contributed by atoms with van der Waals surface area (Å²) in [6, 6.07) is 8.92. The summed E-state index contributed by atoms with van der Waals surface area (Å²) in [6.07, 6.45) is -1.06. The molecule has 182 valence electrons. The molecule has 0 bridgehead atoms. The fourth-order valence-electron chi connectivity index (χ4n) is 3.88. The molecule has 0 aliphatic rings. The van der Waals surface area contributed by atoms with E-state index in [9.17, 15) is 19.5 Å². The number of carbonyl (C=O) groups is 2. The van der Waals surface area contributed by atoms with E-state index >= 15 is 0 Å². The van der Waals surface area contributed by atoms with Crippen LogP contribution < -0.4 is 16.0 Å². The molecule has 0 saturated heterocycles. The highest BCUT2D eigenvalue weighted by atomic mass is 32.1. The van der Waals surface area contributed by atoms with Crippen LogP contribution in [0.25, 0.3) is 21.2 Å². The van der Waals surface area contributed by atoms with E-state index < -0.39 is 17.5 Å². The van der Waals surface area contributed by atoms with Crippen molar-refractivity contribution in [3.63, 3.8) is 0 Å². The summed E-state index contributed by atoms with van der Waals surface area (Å²) < 4.78 is 7.21. The summed E-state index contributed by atoms with van der Waals surface area (Å²) in [4.78, 5) is 39.3. The normalized spacial score (nSPS) is 11.7. The van der Waals surface area contributed by atoms with Crippen molar-refractivity contribution in [2.75, 3.05) is 6.61 Å². The minimum atomic E-state index is -1.06. The third-order valence-electron chi connectivity index (χ3n) is 5.40. The molecule has 3 N–H and O–H groups in total. The average molecular weight is 486 g/mol. The fourth-order valence-corrected chi connectivity index (χ4v) is 4.69. The van der Waals surface area contributed by atoms with Gasteiger partial charge in [0.25, 0.3) is 11.5 Å². The molecule has 0 aliphatic heterocycles. The number of nitrogens with zero attached hydrogens (tertiary/aromatic N) is 2. The van der Waals surface area contributed by atoms with E-state index in [2.05, 4.69) is 0 Å². The van der Waals surface area contributed by atoms with E-state index in [-0.39, 0.29) is 24.6 Å². The molecular formula is C25H31N3O5S. The summed E-state index contributed by atoms with van der Waals surface area (Å²) in [5.41, 5.74) is 5.75. The highest BCUT2D eigenvalue weighted by molar-refractivity contribution is 7.13. The number of carbonyl (C=O) groups excluding carboxylic acids is 1. The lowest BCUT2D eigenvalue weighted by Crippen LogP contribution is -2.45. The highest BCUT2D eigenvalue weighted by Gasteiger charge is 2.30. The maximum Gasteiger partial charge on any atom is 0.408 e. The van der Waals surface area contributed by atoms with Crippen LogP contribution in [0.3, 0.4) is 0 Å². The molecule has 0 radical (unpaired) electrons. The molecule has 1 aromatic carbocycles. The van der Waals surface area contributed by atoms with Crippen LogP contribution in [0.5, 0.6) is 5.75 Å². The van der Waals surface area contributed by atoms with E-state index in [1.165, 1.54) is 16.2 Å². The van der Waals surface area contributed by atoms with Crippen molar-refractivity contribution in [3.05, 3.63) is 51.8 Å². The van der Waals surface area contributed by atoms with Crippen molar-refractivity contribution in [1.29, 1.82) is 0 Å². The molecule has 0 atom stereocenters. The van der Waals surface area contributed by atoms with Gasteiger partial charge in [-0.05, 0) is 56.3 Å². The Morgan fingerprint density at radius 2 is 1.91 bits per heavy atom. The van der Waals surface area contributed by atoms with Crippen LogP contribution >= 0.6 is 11.3 Å². The topological polar surface area (TPSA) is 115 Å². The van der Waals surface area contributed by atoms with Crippen molar-refractivity contribution in [3.8, 4) is 16.2 Å². The van der Waals surface area contributed by atoms with E-state index in [0.29, 0.717) is 28.8 Å². The number of ether oxygens (including phenoxy) is 1. The lowest BCUT2D eigenvalue weighted by Gasteiger charge is -2.35. The van der Waals surface area contributed by atoms with Gasteiger partial charge < -0.3 is 20.1 Å². The molecule has 0 unspecified atom stereocenters. The lowest BCUT2D eigenvalue weighted by molar-refractivity contribution is -0.119. The van der Waals surface area contributed by atoms with Gasteiger partial charge in [0, 0.05) is 39.0 Å². The summed E-state index contributed by atoms with van der Waals surface area (Å²) in [7, 11) is 0. The molecule has 2 amide bonds. The lowest BCUT2D eigenvalue weighted by atomic mass is 9.99. The predicted molar refractivity (Wildman–Crippen MR) is 134 cm³/mol. The number of rotatable bonds is 8. The minimum Gasteiger partial charge on any atom is -0.484 e. The van der Waals surface area contributed by atoms with E-state index in [1.54, 1.807) is 22.8 Å². The first-order valence-electron chi connectivity index (χ1n) is 11.0. The molecule has 3 aromatic rings. The molecular weight excluding hydrogens is 454 g/mol. The summed E-state index contributed by atoms with van der Waals surface area (Å²) in [5, 5.41) is 13.1. The number of primary amides is 1. The van der Waals surface area contributed by atoms with Crippen molar-refractivity contribution in [2.45, 2.75) is 53.2 Å². The van der Waals surface area contributed by atoms with Gasteiger partial charge in [0.1, 0.15) is 5.75 Å². The van der Waals surface area contributed by atoms with Crippen LogP contribution in [0.1, 0.15) is 40.3 Å². The largest absolute Gasteiger partial charge is 0.484 e. The number of pyridine rings is 1. The quantitative estimate of drug-likeness (QED) is 0.486. The third kappa shape index (κ3) is 5.41. The Labute approximate surface area is 202 Å². The second kappa shape index (κ2) is 9.89. The maximum atomic E-state index is 13.7. The Bertz CT molecular complexity index is 1260. The first kappa shape index (κ1) is 25.3. The fraction of sp³-hybridized carbons (Fsp3) is 0.400. The smallest absolute Gasteiger partial charge is 0.408 e. The van der Waals surface area contributed by atoms with E-state index in [0.717, 1.165) is 10.4 Å². The molecule has 0 aliphatic carbocycles. The molecule has 34 heavy (non-hydrogen) atoms. The molecule has 2 heterocycles. The van der Waals surface area contributed by atoms with E-state index in [1.807, 2.05) is 52.1 Å². The van der Waals surface area contributed by atoms with Gasteiger partial charge in [-0.25, -0.2) is 4.79 Å². The Hall–Kier alpha value is -3.33. The molecule has 2 aromatic heterocycles. The summed E-state index contributed by atoms with van der Waals surface area (Å²) in [5.74, 6) is -0.0351. The van der Waals surface area contributed by atoms with Gasteiger partial charge in [0.2, 0.25) is 0 Å². The second-order valence-corrected chi connectivity index (χ2v) is 10.6. The third-order valence-corrected chi connectivity index (χ3v) is 6.28. The predicted octanol–water partition coefficient (Wildman–Crippen LogP) is 4.53. The van der Waals surface area contributed by atoms with Crippen molar-refractivity contribution >= 4 is 34.1 Å². The monoisotopic (exact) mass is 485 g/mol. The summed E-state index contributed by atoms with van der Waals surface area (Å²) >= 11 is 1.51. The van der Waals surface area contributed by atoms with Crippen molar-refractivity contribution in [2.24, 2.45) is 11.7 Å². The zero-order chi connectivity index (χ0) is 25.2. The molecule has 9 heteroatoms. The number of fused-ring (bicyclic) bond motifs is 1. The molecule has 8 nitrogen and oxygen atoms in total. The SMILES string of the molecule is CC(C)Cn1c(CN(C(=O)O)C(C)(C)C)c(-c2cccs2)c2cc(OCC(N)=O)ccc2c1=O. The van der Waals surface area contributed by atoms with Gasteiger partial charge in [-0.3, -0.25) is 14.5 Å². The number of benzene rings is 1. The number of carboxylic acid groups (broad SMARTS) is 1. The highest BCUT2D eigenvalue weighted by Crippen LogP contribution is 2.37. The number of amides is 2. The Kier molecular flexibility index (Phi) is 7.35. The number of thiophene rings is 1. The van der Waals surface area contributed by atoms with Gasteiger partial charge in [-0.1, -0.05) is 19.9 Å². The van der Waals surface area contributed by atoms with Gasteiger partial charge >= 0.3 is 6.09 Å². The first-order valence-corrected chi connectivity index (χ1v) is 11.9. The second-order valence-electron chi connectivity index (χ2n) is 9.61. The Morgan fingerprint density at radius 1 is 1.21 bits per heavy atom. The van der Waals surface area contributed by atoms with Crippen LogP contribution in [0.15, 0.2) is 40.5 Å². The Balaban J connectivity index is 2.39.